The van der Waals surface area contributed by atoms with Crippen molar-refractivity contribution in [1.29, 1.82) is 0 Å². The lowest BCUT2D eigenvalue weighted by molar-refractivity contribution is 0.423. The van der Waals surface area contributed by atoms with Crippen LogP contribution in [0.5, 0.6) is 0 Å². The van der Waals surface area contributed by atoms with Crippen molar-refractivity contribution in [3.05, 3.63) is 18.4 Å². The van der Waals surface area contributed by atoms with Crippen LogP contribution in [0.2, 0.25) is 0 Å². The third-order valence-corrected chi connectivity index (χ3v) is 2.88. The van der Waals surface area contributed by atoms with Gasteiger partial charge in [0, 0.05) is 5.75 Å². The van der Waals surface area contributed by atoms with E-state index in [1.807, 2.05) is 0 Å². The van der Waals surface area contributed by atoms with Crippen LogP contribution in [0.25, 0.3) is 11.7 Å². The zero-order valence-electron chi connectivity index (χ0n) is 7.75. The minimum Gasteiger partial charge on any atom is -0.459 e. The van der Waals surface area contributed by atoms with Crippen molar-refractivity contribution in [1.82, 2.24) is 10.2 Å². The predicted molar refractivity (Wildman–Crippen MR) is 52.5 cm³/mol. The van der Waals surface area contributed by atoms with Crippen molar-refractivity contribution in [3.63, 3.8) is 0 Å². The summed E-state index contributed by atoms with van der Waals surface area (Å²) in [5, 5.41) is 8.34. The van der Waals surface area contributed by atoms with Gasteiger partial charge < -0.3 is 13.6 Å². The van der Waals surface area contributed by atoms with E-state index in [0.29, 0.717) is 23.0 Å². The minimum absolute atomic E-state index is 0.356. The molecule has 0 spiro atoms. The zero-order chi connectivity index (χ0) is 10.1. The number of ether oxygens (including phenoxy) is 1. The third-order valence-electron chi connectivity index (χ3n) is 1.93. The van der Waals surface area contributed by atoms with Crippen LogP contribution in [0.4, 0.5) is 0 Å². The Balaban J connectivity index is 1.69. The van der Waals surface area contributed by atoms with Gasteiger partial charge >= 0.3 is 0 Å². The molecule has 15 heavy (non-hydrogen) atoms. The maximum Gasteiger partial charge on any atom is 0.284 e. The molecule has 2 aromatic heterocycles. The number of aromatic nitrogens is 2. The SMILES string of the molecule is c1coc(-c2nnc(SCC3CO3)o2)c1. The molecule has 1 aliphatic rings. The molecule has 78 valence electrons. The third kappa shape index (κ3) is 2.05. The standard InChI is InChI=1S/C9H8N2O3S/c1-2-7(12-3-1)8-10-11-9(14-8)15-5-6-4-13-6/h1-3,6H,4-5H2. The van der Waals surface area contributed by atoms with E-state index in [1.54, 1.807) is 18.4 Å². The Morgan fingerprint density at radius 1 is 1.47 bits per heavy atom. The molecule has 1 saturated heterocycles. The van der Waals surface area contributed by atoms with Gasteiger partial charge in [-0.15, -0.1) is 10.2 Å². The molecule has 0 aromatic carbocycles. The molecule has 0 saturated carbocycles. The van der Waals surface area contributed by atoms with Crippen molar-refractivity contribution < 1.29 is 13.6 Å². The first-order valence-electron chi connectivity index (χ1n) is 4.53. The Kier molecular flexibility index (Phi) is 2.22. The molecule has 1 unspecified atom stereocenters. The normalized spacial score (nSPS) is 19.3. The van der Waals surface area contributed by atoms with Gasteiger partial charge in [-0.2, -0.15) is 0 Å². The fourth-order valence-electron chi connectivity index (χ4n) is 1.10. The van der Waals surface area contributed by atoms with Crippen molar-refractivity contribution in [2.75, 3.05) is 12.4 Å². The average Bonchev–Trinajstić information content (AvgIpc) is 2.78. The second kappa shape index (κ2) is 3.71. The molecule has 0 amide bonds. The van der Waals surface area contributed by atoms with Crippen molar-refractivity contribution in [2.24, 2.45) is 0 Å². The van der Waals surface area contributed by atoms with Crippen molar-refractivity contribution >= 4 is 11.8 Å². The van der Waals surface area contributed by atoms with Crippen LogP contribution in [0.15, 0.2) is 32.5 Å². The van der Waals surface area contributed by atoms with Gasteiger partial charge in [-0.05, 0) is 12.1 Å². The summed E-state index contributed by atoms with van der Waals surface area (Å²) in [5.74, 6) is 1.87. The maximum absolute atomic E-state index is 5.40. The van der Waals surface area contributed by atoms with E-state index in [4.69, 9.17) is 13.6 Å². The lowest BCUT2D eigenvalue weighted by atomic mass is 10.5. The Hall–Kier alpha value is -1.27. The first-order chi connectivity index (χ1) is 7.42. The molecule has 1 atom stereocenters. The molecule has 3 rings (SSSR count). The van der Waals surface area contributed by atoms with E-state index < -0.39 is 0 Å². The second-order valence-corrected chi connectivity index (χ2v) is 4.09. The predicted octanol–water partition coefficient (Wildman–Crippen LogP) is 1.82. The summed E-state index contributed by atoms with van der Waals surface area (Å²) in [7, 11) is 0. The molecular weight excluding hydrogens is 216 g/mol. The zero-order valence-corrected chi connectivity index (χ0v) is 8.57. The molecule has 3 heterocycles. The van der Waals surface area contributed by atoms with E-state index in [0.717, 1.165) is 12.4 Å². The highest BCUT2D eigenvalue weighted by Crippen LogP contribution is 2.26. The Morgan fingerprint density at radius 3 is 3.13 bits per heavy atom. The number of thioether (sulfide) groups is 1. The molecule has 1 fully saturated rings. The lowest BCUT2D eigenvalue weighted by Gasteiger charge is -1.89. The molecule has 6 heteroatoms. The van der Waals surface area contributed by atoms with Crippen LogP contribution in [0.3, 0.4) is 0 Å². The monoisotopic (exact) mass is 224 g/mol. The number of furan rings is 1. The van der Waals surface area contributed by atoms with Crippen molar-refractivity contribution in [2.45, 2.75) is 11.3 Å². The molecule has 0 N–H and O–H groups in total. The number of nitrogens with zero attached hydrogens (tertiary/aromatic N) is 2. The lowest BCUT2D eigenvalue weighted by Crippen LogP contribution is -1.87. The molecular formula is C9H8N2O3S. The van der Waals surface area contributed by atoms with Gasteiger partial charge in [0.25, 0.3) is 11.1 Å². The van der Waals surface area contributed by atoms with Gasteiger partial charge in [0.05, 0.1) is 19.0 Å². The topological polar surface area (TPSA) is 64.6 Å². The van der Waals surface area contributed by atoms with Gasteiger partial charge in [-0.1, -0.05) is 11.8 Å². The molecule has 5 nitrogen and oxygen atoms in total. The summed E-state index contributed by atoms with van der Waals surface area (Å²) in [6, 6.07) is 3.57. The first-order valence-corrected chi connectivity index (χ1v) is 5.52. The smallest absolute Gasteiger partial charge is 0.284 e. The largest absolute Gasteiger partial charge is 0.459 e. The van der Waals surface area contributed by atoms with E-state index in [-0.39, 0.29) is 0 Å². The van der Waals surface area contributed by atoms with Gasteiger partial charge in [0.15, 0.2) is 5.76 Å². The second-order valence-electron chi connectivity index (χ2n) is 3.12. The highest BCUT2D eigenvalue weighted by Gasteiger charge is 2.23. The minimum atomic E-state index is 0.356. The highest BCUT2D eigenvalue weighted by atomic mass is 32.2. The van der Waals surface area contributed by atoms with Crippen LogP contribution < -0.4 is 0 Å². The number of epoxide rings is 1. The molecule has 0 bridgehead atoms. The fourth-order valence-corrected chi connectivity index (χ4v) is 1.85. The van der Waals surface area contributed by atoms with Gasteiger partial charge in [0.2, 0.25) is 0 Å². The summed E-state index contributed by atoms with van der Waals surface area (Å²) >= 11 is 1.50. The number of rotatable bonds is 4. The van der Waals surface area contributed by atoms with Crippen LogP contribution in [0, 0.1) is 0 Å². The summed E-state index contributed by atoms with van der Waals surface area (Å²) in [6.45, 7) is 0.839. The summed E-state index contributed by atoms with van der Waals surface area (Å²) < 4.78 is 15.6. The van der Waals surface area contributed by atoms with E-state index in [9.17, 15) is 0 Å². The van der Waals surface area contributed by atoms with Gasteiger partial charge in [0.1, 0.15) is 0 Å². The Morgan fingerprint density at radius 2 is 2.40 bits per heavy atom. The highest BCUT2D eigenvalue weighted by molar-refractivity contribution is 7.99. The quantitative estimate of drug-likeness (QED) is 0.583. The first kappa shape index (κ1) is 8.99. The van der Waals surface area contributed by atoms with E-state index in [1.165, 1.54) is 11.8 Å². The Labute approximate surface area is 89.8 Å². The summed E-state index contributed by atoms with van der Waals surface area (Å²) in [4.78, 5) is 0. The van der Waals surface area contributed by atoms with Crippen LogP contribution in [-0.4, -0.2) is 28.7 Å². The Bertz CT molecular complexity index is 436. The summed E-state index contributed by atoms with van der Waals surface area (Å²) in [6.07, 6.45) is 1.93. The summed E-state index contributed by atoms with van der Waals surface area (Å²) in [5.41, 5.74) is 0. The molecule has 2 aromatic rings. The number of hydrogen-bond acceptors (Lipinski definition) is 6. The van der Waals surface area contributed by atoms with Crippen LogP contribution >= 0.6 is 11.8 Å². The average molecular weight is 224 g/mol. The van der Waals surface area contributed by atoms with E-state index >= 15 is 0 Å². The number of hydrogen-bond donors (Lipinski definition) is 0. The van der Waals surface area contributed by atoms with E-state index in [2.05, 4.69) is 10.2 Å². The van der Waals surface area contributed by atoms with Gasteiger partial charge in [-0.25, -0.2) is 0 Å². The van der Waals surface area contributed by atoms with Crippen LogP contribution in [-0.2, 0) is 4.74 Å². The van der Waals surface area contributed by atoms with Crippen molar-refractivity contribution in [3.8, 4) is 11.7 Å². The van der Waals surface area contributed by atoms with Crippen LogP contribution in [0.1, 0.15) is 0 Å². The molecule has 0 aliphatic carbocycles. The fraction of sp³-hybridized carbons (Fsp3) is 0.333. The molecule has 1 aliphatic heterocycles. The molecule has 0 radical (unpaired) electrons. The van der Waals surface area contributed by atoms with Gasteiger partial charge in [-0.3, -0.25) is 0 Å². The maximum atomic E-state index is 5.40.